The third-order valence-electron chi connectivity index (χ3n) is 2.55. The second-order valence-corrected chi connectivity index (χ2v) is 3.79. The van der Waals surface area contributed by atoms with E-state index in [2.05, 4.69) is 0 Å². The molecule has 0 saturated heterocycles. The second kappa shape index (κ2) is 6.40. The second-order valence-electron chi connectivity index (χ2n) is 3.79. The molecule has 0 aliphatic carbocycles. The van der Waals surface area contributed by atoms with Gasteiger partial charge in [0.05, 0.1) is 12.6 Å². The normalized spacial score (nSPS) is 11.3. The van der Waals surface area contributed by atoms with Gasteiger partial charge < -0.3 is 10.6 Å². The van der Waals surface area contributed by atoms with Crippen molar-refractivity contribution in [3.63, 3.8) is 0 Å². The van der Waals surface area contributed by atoms with Gasteiger partial charge in [-0.15, -0.1) is 0 Å². The number of hydrogen-bond acceptors (Lipinski definition) is 3. The Kier molecular flexibility index (Phi) is 4.88. The highest BCUT2D eigenvalue weighted by molar-refractivity contribution is 5.89. The third kappa shape index (κ3) is 3.32. The molecule has 0 saturated carbocycles. The quantitative estimate of drug-likeness (QED) is 0.825. The minimum atomic E-state index is -0.898. The van der Waals surface area contributed by atoms with Crippen molar-refractivity contribution in [3.8, 4) is 6.07 Å². The summed E-state index contributed by atoms with van der Waals surface area (Å²) in [5, 5.41) is 9.11. The minimum absolute atomic E-state index is 0.166. The van der Waals surface area contributed by atoms with Gasteiger partial charge in [-0.1, -0.05) is 30.3 Å². The van der Waals surface area contributed by atoms with Crippen LogP contribution in [0.2, 0.25) is 0 Å². The Hall–Kier alpha value is -2.35. The number of likely N-dealkylation sites (N-methyl/N-ethyl adjacent to an activating group) is 1. The molecule has 1 rings (SSSR count). The molecule has 0 heterocycles. The molecule has 2 amide bonds. The maximum atomic E-state index is 12.1. The number of rotatable bonds is 5. The van der Waals surface area contributed by atoms with Crippen LogP contribution >= 0.6 is 0 Å². The Morgan fingerprint density at radius 1 is 1.39 bits per heavy atom. The number of carbonyl (C=O) groups is 2. The van der Waals surface area contributed by atoms with Crippen LogP contribution in [0.5, 0.6) is 0 Å². The molecule has 94 valence electrons. The van der Waals surface area contributed by atoms with Crippen molar-refractivity contribution in [2.45, 2.75) is 12.8 Å². The molecule has 0 spiro atoms. The van der Waals surface area contributed by atoms with E-state index < -0.39 is 17.7 Å². The Labute approximate surface area is 106 Å². The molecule has 1 aromatic carbocycles. The fraction of sp³-hybridized carbons (Fsp3) is 0.308. The van der Waals surface area contributed by atoms with Gasteiger partial charge in [0.25, 0.3) is 0 Å². The van der Waals surface area contributed by atoms with Gasteiger partial charge in [0.2, 0.25) is 11.8 Å². The lowest BCUT2D eigenvalue weighted by Gasteiger charge is -2.21. The van der Waals surface area contributed by atoms with Crippen molar-refractivity contribution in [2.75, 3.05) is 13.1 Å². The van der Waals surface area contributed by atoms with Gasteiger partial charge in [-0.25, -0.2) is 0 Å². The minimum Gasteiger partial charge on any atom is -0.368 e. The van der Waals surface area contributed by atoms with Crippen molar-refractivity contribution in [2.24, 2.45) is 5.73 Å². The van der Waals surface area contributed by atoms with Gasteiger partial charge in [0.15, 0.2) is 0 Å². The third-order valence-corrected chi connectivity index (χ3v) is 2.55. The summed E-state index contributed by atoms with van der Waals surface area (Å²) in [4.78, 5) is 24.3. The molecule has 1 atom stereocenters. The van der Waals surface area contributed by atoms with Gasteiger partial charge in [0.1, 0.15) is 5.92 Å². The molecular weight excluding hydrogens is 230 g/mol. The van der Waals surface area contributed by atoms with Crippen LogP contribution in [0.25, 0.3) is 0 Å². The molecule has 0 bridgehead atoms. The summed E-state index contributed by atoms with van der Waals surface area (Å²) < 4.78 is 0. The van der Waals surface area contributed by atoms with Crippen molar-refractivity contribution < 1.29 is 9.59 Å². The highest BCUT2D eigenvalue weighted by atomic mass is 16.2. The zero-order valence-electron chi connectivity index (χ0n) is 10.2. The topological polar surface area (TPSA) is 87.2 Å². The number of benzene rings is 1. The largest absolute Gasteiger partial charge is 0.368 e. The summed E-state index contributed by atoms with van der Waals surface area (Å²) in [6, 6.07) is 10.7. The molecule has 5 nitrogen and oxygen atoms in total. The van der Waals surface area contributed by atoms with Gasteiger partial charge in [-0.3, -0.25) is 9.59 Å². The van der Waals surface area contributed by atoms with Crippen LogP contribution in [0.15, 0.2) is 30.3 Å². The molecule has 1 unspecified atom stereocenters. The Morgan fingerprint density at radius 2 is 2.00 bits per heavy atom. The highest BCUT2D eigenvalue weighted by Crippen LogP contribution is 2.17. The first-order valence-corrected chi connectivity index (χ1v) is 5.61. The first kappa shape index (κ1) is 13.7. The number of primary amides is 1. The van der Waals surface area contributed by atoms with Crippen LogP contribution in [0.3, 0.4) is 0 Å². The zero-order valence-corrected chi connectivity index (χ0v) is 10.2. The number of nitrogens with two attached hydrogens (primary N) is 1. The molecule has 0 fully saturated rings. The number of amides is 2. The van der Waals surface area contributed by atoms with E-state index >= 15 is 0 Å². The van der Waals surface area contributed by atoms with Crippen LogP contribution < -0.4 is 5.73 Å². The highest BCUT2D eigenvalue weighted by Gasteiger charge is 2.25. The van der Waals surface area contributed by atoms with Crippen LogP contribution in [0.4, 0.5) is 0 Å². The summed E-state index contributed by atoms with van der Waals surface area (Å²) in [6.07, 6.45) is 0. The van der Waals surface area contributed by atoms with E-state index in [9.17, 15) is 9.59 Å². The Balaban J connectivity index is 2.92. The number of nitriles is 1. The van der Waals surface area contributed by atoms with E-state index in [0.717, 1.165) is 0 Å². The number of nitrogens with zero attached hydrogens (tertiary/aromatic N) is 2. The smallest absolute Gasteiger partial charge is 0.244 e. The monoisotopic (exact) mass is 245 g/mol. The Morgan fingerprint density at radius 3 is 2.44 bits per heavy atom. The van der Waals surface area contributed by atoms with Crippen molar-refractivity contribution in [1.82, 2.24) is 4.90 Å². The average Bonchev–Trinajstić information content (AvgIpc) is 2.37. The summed E-state index contributed by atoms with van der Waals surface area (Å²) in [7, 11) is 0. The lowest BCUT2D eigenvalue weighted by atomic mass is 9.99. The molecule has 0 aliphatic rings. The van der Waals surface area contributed by atoms with Gasteiger partial charge >= 0.3 is 0 Å². The first-order chi connectivity index (χ1) is 8.60. The van der Waals surface area contributed by atoms with E-state index in [1.165, 1.54) is 4.90 Å². The number of hydrogen-bond donors (Lipinski definition) is 1. The average molecular weight is 245 g/mol. The van der Waals surface area contributed by atoms with E-state index in [-0.39, 0.29) is 6.54 Å². The first-order valence-electron chi connectivity index (χ1n) is 5.61. The summed E-state index contributed by atoms with van der Waals surface area (Å²) in [6.45, 7) is 1.91. The van der Waals surface area contributed by atoms with Crippen LogP contribution in [-0.4, -0.2) is 29.8 Å². The van der Waals surface area contributed by atoms with Crippen LogP contribution in [0.1, 0.15) is 18.4 Å². The number of carbonyl (C=O) groups excluding carboxylic acids is 2. The molecule has 0 aliphatic heterocycles. The maximum absolute atomic E-state index is 12.1. The molecule has 0 radical (unpaired) electrons. The van der Waals surface area contributed by atoms with Gasteiger partial charge in [0, 0.05) is 6.54 Å². The van der Waals surface area contributed by atoms with E-state index in [1.54, 1.807) is 31.2 Å². The Bertz CT molecular complexity index is 465. The van der Waals surface area contributed by atoms with Crippen molar-refractivity contribution in [3.05, 3.63) is 35.9 Å². The van der Waals surface area contributed by atoms with Crippen LogP contribution in [0, 0.1) is 11.3 Å². The fourth-order valence-corrected chi connectivity index (χ4v) is 1.63. The molecule has 2 N–H and O–H groups in total. The predicted octanol–water partition coefficient (Wildman–Crippen LogP) is 0.628. The van der Waals surface area contributed by atoms with Gasteiger partial charge in [-0.05, 0) is 12.5 Å². The van der Waals surface area contributed by atoms with Gasteiger partial charge in [-0.2, -0.15) is 5.26 Å². The lowest BCUT2D eigenvalue weighted by molar-refractivity contribution is -0.135. The predicted molar refractivity (Wildman–Crippen MR) is 66.2 cm³/mol. The SMILES string of the molecule is CCN(CC(N)=O)C(=O)C(C#N)c1ccccc1. The summed E-state index contributed by atoms with van der Waals surface area (Å²) in [5.41, 5.74) is 5.69. The fourth-order valence-electron chi connectivity index (χ4n) is 1.63. The standard InChI is InChI=1S/C13H15N3O2/c1-2-16(9-12(15)17)13(18)11(8-14)10-6-4-3-5-7-10/h3-7,11H,2,9H2,1H3,(H2,15,17). The molecule has 5 heteroatoms. The molecular formula is C13H15N3O2. The summed E-state index contributed by atoms with van der Waals surface area (Å²) >= 11 is 0. The molecule has 1 aromatic rings. The summed E-state index contributed by atoms with van der Waals surface area (Å²) in [5.74, 6) is -1.88. The van der Waals surface area contributed by atoms with E-state index in [4.69, 9.17) is 11.0 Å². The maximum Gasteiger partial charge on any atom is 0.244 e. The van der Waals surface area contributed by atoms with Crippen molar-refractivity contribution >= 4 is 11.8 Å². The van der Waals surface area contributed by atoms with E-state index in [1.807, 2.05) is 12.1 Å². The molecule has 0 aromatic heterocycles. The zero-order chi connectivity index (χ0) is 13.5. The van der Waals surface area contributed by atoms with E-state index in [0.29, 0.717) is 12.1 Å². The lowest BCUT2D eigenvalue weighted by Crippen LogP contribution is -2.40. The van der Waals surface area contributed by atoms with Crippen LogP contribution in [-0.2, 0) is 9.59 Å². The molecule has 18 heavy (non-hydrogen) atoms. The van der Waals surface area contributed by atoms with Crippen molar-refractivity contribution in [1.29, 1.82) is 5.26 Å².